The minimum atomic E-state index is -1.01. The van der Waals surface area contributed by atoms with Crippen LogP contribution in [-0.4, -0.2) is 47.1 Å². The standard InChI is InChI=1S/C17H26N2O3/c1-4-15(19(5-2)6-3)16(20)18-14(17(21)22)12-13-10-8-7-9-11-13/h7-11,14-15H,4-6,12H2,1-3H3,(H,18,20)(H,21,22)/t14-,15?/m0/s1. The number of carbonyl (C=O) groups is 2. The molecule has 1 unspecified atom stereocenters. The van der Waals surface area contributed by atoms with Crippen molar-refractivity contribution in [2.24, 2.45) is 0 Å². The van der Waals surface area contributed by atoms with Crippen LogP contribution in [0.4, 0.5) is 0 Å². The lowest BCUT2D eigenvalue weighted by Gasteiger charge is -2.28. The lowest BCUT2D eigenvalue weighted by atomic mass is 10.0. The highest BCUT2D eigenvalue weighted by Gasteiger charge is 2.27. The number of benzene rings is 1. The molecule has 122 valence electrons. The average molecular weight is 306 g/mol. The molecule has 1 rings (SSSR count). The molecule has 0 radical (unpaired) electrons. The summed E-state index contributed by atoms with van der Waals surface area (Å²) >= 11 is 0. The molecule has 5 heteroatoms. The van der Waals surface area contributed by atoms with E-state index in [1.165, 1.54) is 0 Å². The maximum Gasteiger partial charge on any atom is 0.326 e. The molecule has 2 N–H and O–H groups in total. The second-order valence-electron chi connectivity index (χ2n) is 5.23. The first kappa shape index (κ1) is 18.2. The van der Waals surface area contributed by atoms with Gasteiger partial charge >= 0.3 is 5.97 Å². The topological polar surface area (TPSA) is 69.6 Å². The SMILES string of the molecule is CCC(C(=O)N[C@@H](Cc1ccccc1)C(=O)O)N(CC)CC. The molecular weight excluding hydrogens is 280 g/mol. The Morgan fingerprint density at radius 2 is 1.73 bits per heavy atom. The molecule has 0 fully saturated rings. The highest BCUT2D eigenvalue weighted by molar-refractivity contribution is 5.87. The lowest BCUT2D eigenvalue weighted by molar-refractivity contribution is -0.142. The predicted molar refractivity (Wildman–Crippen MR) is 86.7 cm³/mol. The lowest BCUT2D eigenvalue weighted by Crippen LogP contribution is -2.52. The summed E-state index contributed by atoms with van der Waals surface area (Å²) in [6, 6.07) is 8.15. The zero-order valence-electron chi connectivity index (χ0n) is 13.6. The fourth-order valence-electron chi connectivity index (χ4n) is 2.59. The van der Waals surface area contributed by atoms with Gasteiger partial charge in [0.2, 0.25) is 5.91 Å². The number of carboxylic acid groups (broad SMARTS) is 1. The van der Waals surface area contributed by atoms with Gasteiger partial charge in [-0.1, -0.05) is 51.1 Å². The number of hydrogen-bond acceptors (Lipinski definition) is 3. The van der Waals surface area contributed by atoms with Gasteiger partial charge in [-0.15, -0.1) is 0 Å². The van der Waals surface area contributed by atoms with E-state index in [2.05, 4.69) is 5.32 Å². The number of amides is 1. The van der Waals surface area contributed by atoms with Crippen molar-refractivity contribution in [1.29, 1.82) is 0 Å². The Kier molecular flexibility index (Phi) is 7.60. The molecule has 1 amide bonds. The van der Waals surface area contributed by atoms with Crippen LogP contribution in [0, 0.1) is 0 Å². The highest BCUT2D eigenvalue weighted by Crippen LogP contribution is 2.07. The molecule has 0 aliphatic heterocycles. The number of nitrogens with one attached hydrogen (secondary N) is 1. The van der Waals surface area contributed by atoms with Gasteiger partial charge in [0.05, 0.1) is 6.04 Å². The van der Waals surface area contributed by atoms with Gasteiger partial charge in [0.1, 0.15) is 6.04 Å². The quantitative estimate of drug-likeness (QED) is 0.731. The largest absolute Gasteiger partial charge is 0.480 e. The molecule has 1 aromatic rings. The van der Waals surface area contributed by atoms with E-state index in [0.717, 1.165) is 18.7 Å². The Hall–Kier alpha value is -1.88. The minimum absolute atomic E-state index is 0.213. The zero-order valence-corrected chi connectivity index (χ0v) is 13.6. The average Bonchev–Trinajstić information content (AvgIpc) is 2.52. The van der Waals surface area contributed by atoms with Crippen molar-refractivity contribution in [2.75, 3.05) is 13.1 Å². The van der Waals surface area contributed by atoms with E-state index < -0.39 is 12.0 Å². The molecule has 0 saturated heterocycles. The number of carbonyl (C=O) groups excluding carboxylic acids is 1. The Bertz CT molecular complexity index is 472. The predicted octanol–water partition coefficient (Wildman–Crippen LogP) is 1.92. The Morgan fingerprint density at radius 3 is 2.18 bits per heavy atom. The second-order valence-corrected chi connectivity index (χ2v) is 5.23. The van der Waals surface area contributed by atoms with Crippen LogP contribution in [0.1, 0.15) is 32.8 Å². The van der Waals surface area contributed by atoms with Gasteiger partial charge in [0.25, 0.3) is 0 Å². The number of hydrogen-bond donors (Lipinski definition) is 2. The monoisotopic (exact) mass is 306 g/mol. The zero-order chi connectivity index (χ0) is 16.5. The fraction of sp³-hybridized carbons (Fsp3) is 0.529. The maximum atomic E-state index is 12.4. The van der Waals surface area contributed by atoms with E-state index in [4.69, 9.17) is 0 Å². The van der Waals surface area contributed by atoms with Gasteiger partial charge in [-0.2, -0.15) is 0 Å². The van der Waals surface area contributed by atoms with Crippen LogP contribution in [0.2, 0.25) is 0 Å². The van der Waals surface area contributed by atoms with Gasteiger partial charge in [-0.3, -0.25) is 9.69 Å². The van der Waals surface area contributed by atoms with Crippen LogP contribution >= 0.6 is 0 Å². The van der Waals surface area contributed by atoms with E-state index in [-0.39, 0.29) is 18.4 Å². The first-order chi connectivity index (χ1) is 10.5. The van der Waals surface area contributed by atoms with Gasteiger partial charge in [0.15, 0.2) is 0 Å². The molecule has 0 spiro atoms. The van der Waals surface area contributed by atoms with Crippen molar-refractivity contribution in [3.63, 3.8) is 0 Å². The van der Waals surface area contributed by atoms with Gasteiger partial charge in [-0.05, 0) is 25.1 Å². The molecule has 0 heterocycles. The van der Waals surface area contributed by atoms with E-state index in [9.17, 15) is 14.7 Å². The fourth-order valence-corrected chi connectivity index (χ4v) is 2.59. The summed E-state index contributed by atoms with van der Waals surface area (Å²) in [7, 11) is 0. The van der Waals surface area contributed by atoms with Crippen molar-refractivity contribution in [2.45, 2.75) is 45.7 Å². The van der Waals surface area contributed by atoms with Crippen LogP contribution in [0.3, 0.4) is 0 Å². The van der Waals surface area contributed by atoms with E-state index >= 15 is 0 Å². The number of likely N-dealkylation sites (N-methyl/N-ethyl adjacent to an activating group) is 1. The van der Waals surface area contributed by atoms with Crippen molar-refractivity contribution in [3.05, 3.63) is 35.9 Å². The van der Waals surface area contributed by atoms with Crippen molar-refractivity contribution in [3.8, 4) is 0 Å². The molecule has 2 atom stereocenters. The van der Waals surface area contributed by atoms with Crippen molar-refractivity contribution in [1.82, 2.24) is 10.2 Å². The van der Waals surface area contributed by atoms with Gasteiger partial charge in [-0.25, -0.2) is 4.79 Å². The minimum Gasteiger partial charge on any atom is -0.480 e. The number of aliphatic carboxylic acids is 1. The maximum absolute atomic E-state index is 12.4. The van der Waals surface area contributed by atoms with Crippen LogP contribution in [0.15, 0.2) is 30.3 Å². The third-order valence-corrected chi connectivity index (χ3v) is 3.84. The molecule has 0 saturated carbocycles. The second kappa shape index (κ2) is 9.20. The number of nitrogens with zero attached hydrogens (tertiary/aromatic N) is 1. The highest BCUT2D eigenvalue weighted by atomic mass is 16.4. The van der Waals surface area contributed by atoms with Gasteiger partial charge in [0, 0.05) is 6.42 Å². The van der Waals surface area contributed by atoms with E-state index in [1.807, 2.05) is 56.0 Å². The van der Waals surface area contributed by atoms with Crippen molar-refractivity contribution >= 4 is 11.9 Å². The molecule has 0 aliphatic carbocycles. The Labute approximate surface area is 132 Å². The Morgan fingerprint density at radius 1 is 1.14 bits per heavy atom. The van der Waals surface area contributed by atoms with Crippen molar-refractivity contribution < 1.29 is 14.7 Å². The van der Waals surface area contributed by atoms with Crippen LogP contribution in [0.5, 0.6) is 0 Å². The number of carboxylic acids is 1. The summed E-state index contributed by atoms with van der Waals surface area (Å²) in [6.45, 7) is 7.46. The molecule has 0 aliphatic rings. The smallest absolute Gasteiger partial charge is 0.326 e. The summed E-state index contributed by atoms with van der Waals surface area (Å²) in [5.74, 6) is -1.22. The van der Waals surface area contributed by atoms with E-state index in [0.29, 0.717) is 6.42 Å². The normalized spacial score (nSPS) is 13.6. The molecule has 5 nitrogen and oxygen atoms in total. The molecule has 22 heavy (non-hydrogen) atoms. The molecule has 0 aromatic heterocycles. The number of rotatable bonds is 9. The van der Waals surface area contributed by atoms with Crippen LogP contribution in [-0.2, 0) is 16.0 Å². The summed E-state index contributed by atoms with van der Waals surface area (Å²) in [5.41, 5.74) is 0.895. The first-order valence-corrected chi connectivity index (χ1v) is 7.84. The summed E-state index contributed by atoms with van der Waals surface area (Å²) < 4.78 is 0. The molecular formula is C17H26N2O3. The van der Waals surface area contributed by atoms with Gasteiger partial charge < -0.3 is 10.4 Å². The van der Waals surface area contributed by atoms with E-state index in [1.54, 1.807) is 0 Å². The third kappa shape index (κ3) is 5.15. The summed E-state index contributed by atoms with van der Waals surface area (Å²) in [5, 5.41) is 12.0. The third-order valence-electron chi connectivity index (χ3n) is 3.84. The summed E-state index contributed by atoms with van der Waals surface area (Å²) in [6.07, 6.45) is 0.946. The summed E-state index contributed by atoms with van der Waals surface area (Å²) in [4.78, 5) is 25.9. The first-order valence-electron chi connectivity index (χ1n) is 7.84. The van der Waals surface area contributed by atoms with Crippen LogP contribution in [0.25, 0.3) is 0 Å². The Balaban J connectivity index is 2.77. The van der Waals surface area contributed by atoms with Crippen LogP contribution < -0.4 is 5.32 Å². The molecule has 1 aromatic carbocycles. The molecule has 0 bridgehead atoms.